The molecule has 2 unspecified atom stereocenters. The van der Waals surface area contributed by atoms with E-state index in [2.05, 4.69) is 25.7 Å². The van der Waals surface area contributed by atoms with Gasteiger partial charge in [-0.3, -0.25) is 14.5 Å². The molecule has 4 heterocycles. The molecule has 0 bridgehead atoms. The Morgan fingerprint density at radius 1 is 1.38 bits per heavy atom. The van der Waals surface area contributed by atoms with E-state index in [9.17, 15) is 24.3 Å². The highest BCUT2D eigenvalue weighted by atomic mass is 35.5. The Bertz CT molecular complexity index is 1390. The molecule has 4 rings (SSSR count). The number of rotatable bonds is 10. The number of amides is 2. The number of esters is 1. The summed E-state index contributed by atoms with van der Waals surface area (Å²) in [6.07, 6.45) is 0. The Labute approximate surface area is 248 Å². The highest BCUT2D eigenvalue weighted by molar-refractivity contribution is 8.01. The number of hydrogen-bond donors (Lipinski definition) is 3. The van der Waals surface area contributed by atoms with Crippen LogP contribution >= 0.6 is 57.8 Å². The summed E-state index contributed by atoms with van der Waals surface area (Å²) >= 11 is 11.0. The summed E-state index contributed by atoms with van der Waals surface area (Å²) in [4.78, 5) is 60.6. The number of anilines is 1. The number of oxime groups is 1. The predicted molar refractivity (Wildman–Crippen MR) is 150 cm³/mol. The number of β-lactam (4-membered cyclic amide) rings is 1. The monoisotopic (exact) mass is 647 g/mol. The minimum atomic E-state index is -1.25. The normalized spacial score (nSPS) is 19.1. The number of nitrogen functional groups attached to an aromatic ring is 1. The molecular weight excluding hydrogens is 626 g/mol. The van der Waals surface area contributed by atoms with Gasteiger partial charge in [0.2, 0.25) is 6.61 Å². The van der Waals surface area contributed by atoms with E-state index in [1.807, 2.05) is 0 Å². The summed E-state index contributed by atoms with van der Waals surface area (Å²) in [5, 5.41) is 23.2. The molecule has 0 radical (unpaired) electrons. The maximum Gasteiger partial charge on any atom is 0.352 e. The van der Waals surface area contributed by atoms with Gasteiger partial charge in [-0.25, -0.2) is 14.6 Å². The van der Waals surface area contributed by atoms with Crippen molar-refractivity contribution in [2.45, 2.75) is 42.1 Å². The number of carboxylic acid groups (broad SMARTS) is 1. The van der Waals surface area contributed by atoms with Gasteiger partial charge in [-0.2, -0.15) is 0 Å². The van der Waals surface area contributed by atoms with Crippen molar-refractivity contribution in [2.75, 3.05) is 23.8 Å². The largest absolute Gasteiger partial charge is 0.477 e. The molecule has 2 aromatic rings. The molecule has 19 heteroatoms. The molecule has 2 aliphatic heterocycles. The Morgan fingerprint density at radius 2 is 2.12 bits per heavy atom. The number of nitrogens with one attached hydrogen (secondary N) is 1. The molecule has 0 aromatic carbocycles. The zero-order valence-electron chi connectivity index (χ0n) is 21.1. The SMILES string of the molecule is CC(C)(C)OC(=O)CO/N=C(/C(=O)NC1C(=O)N2C(C(=O)O)=C(CSc3nncs3)CSC12)c1nc(N)sc1Cl. The van der Waals surface area contributed by atoms with Gasteiger partial charge in [-0.05, 0) is 26.3 Å². The van der Waals surface area contributed by atoms with Crippen molar-refractivity contribution >= 4 is 92.4 Å². The van der Waals surface area contributed by atoms with Gasteiger partial charge in [0.1, 0.15) is 38.3 Å². The van der Waals surface area contributed by atoms with E-state index in [4.69, 9.17) is 26.9 Å². The molecule has 14 nitrogen and oxygen atoms in total. The number of ether oxygens (including phenoxy) is 1. The Balaban J connectivity index is 1.49. The second kappa shape index (κ2) is 12.3. The minimum absolute atomic E-state index is 0.0366. The van der Waals surface area contributed by atoms with E-state index in [0.29, 0.717) is 21.4 Å². The lowest BCUT2D eigenvalue weighted by molar-refractivity contribution is -0.160. The predicted octanol–water partition coefficient (Wildman–Crippen LogP) is 1.82. The number of carbonyl (C=O) groups excluding carboxylic acids is 3. The number of carboxylic acids is 1. The smallest absolute Gasteiger partial charge is 0.352 e. The van der Waals surface area contributed by atoms with Crippen molar-refractivity contribution in [3.63, 3.8) is 0 Å². The van der Waals surface area contributed by atoms with Gasteiger partial charge in [-0.1, -0.05) is 51.2 Å². The molecule has 0 aliphatic carbocycles. The van der Waals surface area contributed by atoms with Crippen LogP contribution in [0.4, 0.5) is 5.13 Å². The number of thiazole rings is 1. The topological polar surface area (TPSA) is 199 Å². The van der Waals surface area contributed by atoms with Crippen molar-refractivity contribution in [1.82, 2.24) is 25.4 Å². The highest BCUT2D eigenvalue weighted by Crippen LogP contribution is 2.41. The molecule has 214 valence electrons. The zero-order valence-corrected chi connectivity index (χ0v) is 25.1. The molecule has 0 spiro atoms. The average molecular weight is 648 g/mol. The third-order valence-electron chi connectivity index (χ3n) is 5.05. The fourth-order valence-corrected chi connectivity index (χ4v) is 7.46. The van der Waals surface area contributed by atoms with Crippen LogP contribution in [0.15, 0.2) is 26.3 Å². The molecule has 1 fully saturated rings. The van der Waals surface area contributed by atoms with Crippen LogP contribution in [0.25, 0.3) is 0 Å². The number of hydrogen-bond acceptors (Lipinski definition) is 15. The standard InChI is InChI=1S/C21H22ClN7O7S4/c1-21(2,3)36-9(30)4-35-28-11(10-14(22)40-19(23)26-10)15(31)25-12-16(32)29-13(18(33)34)8(5-37-17(12)29)6-38-20-27-24-7-39-20/h7,12,17H,4-6H2,1-3H3,(H2,23,26)(H,25,31)(H,33,34)/b28-11+. The van der Waals surface area contributed by atoms with E-state index in [1.54, 1.807) is 26.3 Å². The molecule has 2 aromatic heterocycles. The first-order valence-electron chi connectivity index (χ1n) is 11.3. The van der Waals surface area contributed by atoms with E-state index in [0.717, 1.165) is 16.2 Å². The van der Waals surface area contributed by atoms with Gasteiger partial charge < -0.3 is 25.7 Å². The van der Waals surface area contributed by atoms with Crippen LogP contribution in [0, 0.1) is 0 Å². The van der Waals surface area contributed by atoms with Crippen LogP contribution in [-0.4, -0.2) is 89.8 Å². The molecule has 40 heavy (non-hydrogen) atoms. The molecule has 4 N–H and O–H groups in total. The van der Waals surface area contributed by atoms with E-state index in [1.165, 1.54) is 34.9 Å². The van der Waals surface area contributed by atoms with Crippen LogP contribution in [0.2, 0.25) is 4.34 Å². The van der Waals surface area contributed by atoms with Gasteiger partial charge >= 0.3 is 11.9 Å². The fourth-order valence-electron chi connectivity index (χ4n) is 3.55. The minimum Gasteiger partial charge on any atom is -0.477 e. The Hall–Kier alpha value is -2.93. The maximum atomic E-state index is 13.3. The van der Waals surface area contributed by atoms with Crippen molar-refractivity contribution in [3.8, 4) is 0 Å². The fraction of sp³-hybridized carbons (Fsp3) is 0.429. The molecule has 2 atom stereocenters. The number of halogens is 1. The Morgan fingerprint density at radius 3 is 2.73 bits per heavy atom. The second-order valence-electron chi connectivity index (χ2n) is 9.09. The number of aromatic nitrogens is 3. The third kappa shape index (κ3) is 6.85. The lowest BCUT2D eigenvalue weighted by Crippen LogP contribution is -2.71. The van der Waals surface area contributed by atoms with E-state index >= 15 is 0 Å². The number of fused-ring (bicyclic) bond motifs is 1. The molecule has 2 aliphatic rings. The summed E-state index contributed by atoms with van der Waals surface area (Å²) in [5.74, 6) is -2.84. The first kappa shape index (κ1) is 30.0. The first-order chi connectivity index (χ1) is 18.9. The second-order valence-corrected chi connectivity index (χ2v) is 13.9. The molecule has 1 saturated heterocycles. The van der Waals surface area contributed by atoms with Gasteiger partial charge in [0.15, 0.2) is 15.2 Å². The summed E-state index contributed by atoms with van der Waals surface area (Å²) < 4.78 is 5.86. The molecular formula is C21H22ClN7O7S4. The lowest BCUT2D eigenvalue weighted by Gasteiger charge is -2.49. The van der Waals surface area contributed by atoms with Crippen molar-refractivity contribution in [3.05, 3.63) is 26.8 Å². The van der Waals surface area contributed by atoms with Gasteiger partial charge in [0, 0.05) is 11.5 Å². The number of nitrogens with two attached hydrogens (primary N) is 1. The number of aliphatic carboxylic acids is 1. The summed E-state index contributed by atoms with van der Waals surface area (Å²) in [6.45, 7) is 4.43. The summed E-state index contributed by atoms with van der Waals surface area (Å²) in [6, 6.07) is -1.06. The van der Waals surface area contributed by atoms with Crippen LogP contribution < -0.4 is 11.1 Å². The average Bonchev–Trinajstić information content (AvgIpc) is 3.50. The summed E-state index contributed by atoms with van der Waals surface area (Å²) in [7, 11) is 0. The quantitative estimate of drug-likeness (QED) is 0.111. The van der Waals surface area contributed by atoms with Gasteiger partial charge in [0.05, 0.1) is 0 Å². The molecule has 0 saturated carbocycles. The van der Waals surface area contributed by atoms with Crippen LogP contribution in [-0.2, 0) is 28.8 Å². The lowest BCUT2D eigenvalue weighted by atomic mass is 10.0. The van der Waals surface area contributed by atoms with Crippen LogP contribution in [0.3, 0.4) is 0 Å². The van der Waals surface area contributed by atoms with E-state index < -0.39 is 53.1 Å². The number of carbonyl (C=O) groups is 4. The van der Waals surface area contributed by atoms with Crippen molar-refractivity contribution in [1.29, 1.82) is 0 Å². The highest BCUT2D eigenvalue weighted by Gasteiger charge is 2.54. The Kier molecular flexibility index (Phi) is 9.23. The third-order valence-corrected chi connectivity index (χ3v) is 9.42. The number of thioether (sulfide) groups is 2. The van der Waals surface area contributed by atoms with Crippen LogP contribution in [0.1, 0.15) is 26.5 Å². The van der Waals surface area contributed by atoms with Crippen LogP contribution in [0.5, 0.6) is 0 Å². The van der Waals surface area contributed by atoms with Gasteiger partial charge in [0.25, 0.3) is 11.8 Å². The summed E-state index contributed by atoms with van der Waals surface area (Å²) in [5.41, 5.74) is 6.43. The zero-order chi connectivity index (χ0) is 29.2. The van der Waals surface area contributed by atoms with E-state index in [-0.39, 0.29) is 20.9 Å². The first-order valence-corrected chi connectivity index (χ1v) is 15.4. The van der Waals surface area contributed by atoms with Gasteiger partial charge in [-0.15, -0.1) is 22.0 Å². The maximum absolute atomic E-state index is 13.3. The molecule has 2 amide bonds. The van der Waals surface area contributed by atoms with Crippen molar-refractivity contribution < 1.29 is 33.9 Å². The number of nitrogens with zero attached hydrogens (tertiary/aromatic N) is 5. The van der Waals surface area contributed by atoms with Crippen molar-refractivity contribution in [2.24, 2.45) is 5.16 Å².